The Kier molecular flexibility index (Phi) is 6.33. The van der Waals surface area contributed by atoms with Gasteiger partial charge >= 0.3 is 6.09 Å². The summed E-state index contributed by atoms with van der Waals surface area (Å²) in [5.74, 6) is -1.44. The topological polar surface area (TPSA) is 89.4 Å². The fraction of sp³-hybridized carbons (Fsp3) is 0.500. The normalized spacial score (nSPS) is 14.8. The number of nitrogens with zero attached hydrogens (tertiary/aromatic N) is 4. The zero-order valence-corrected chi connectivity index (χ0v) is 17.2. The van der Waals surface area contributed by atoms with E-state index in [4.69, 9.17) is 4.74 Å². The molecule has 1 aromatic heterocycles. The zero-order valence-electron chi connectivity index (χ0n) is 17.2. The van der Waals surface area contributed by atoms with Gasteiger partial charge in [-0.2, -0.15) is 0 Å². The largest absolute Gasteiger partial charge is 0.444 e. The molecular weight excluding hydrogens is 396 g/mol. The van der Waals surface area contributed by atoms with E-state index in [1.54, 1.807) is 32.0 Å². The molecule has 0 spiro atoms. The van der Waals surface area contributed by atoms with Crippen molar-refractivity contribution in [1.82, 2.24) is 25.0 Å². The van der Waals surface area contributed by atoms with Crippen LogP contribution in [0.3, 0.4) is 0 Å². The Morgan fingerprint density at radius 3 is 2.70 bits per heavy atom. The lowest BCUT2D eigenvalue weighted by Gasteiger charge is -2.29. The van der Waals surface area contributed by atoms with Gasteiger partial charge in [0, 0.05) is 25.6 Å². The van der Waals surface area contributed by atoms with Gasteiger partial charge < -0.3 is 19.5 Å². The molecular formula is C20H25F2N5O3. The van der Waals surface area contributed by atoms with E-state index >= 15 is 0 Å². The van der Waals surface area contributed by atoms with Crippen molar-refractivity contribution in [1.29, 1.82) is 0 Å². The minimum absolute atomic E-state index is 0.0215. The summed E-state index contributed by atoms with van der Waals surface area (Å²) < 4.78 is 34.0. The van der Waals surface area contributed by atoms with Crippen molar-refractivity contribution in [3.63, 3.8) is 0 Å². The highest BCUT2D eigenvalue weighted by atomic mass is 19.2. The molecule has 0 radical (unpaired) electrons. The first-order valence-corrected chi connectivity index (χ1v) is 9.68. The van der Waals surface area contributed by atoms with Gasteiger partial charge in [0.2, 0.25) is 5.91 Å². The highest BCUT2D eigenvalue weighted by molar-refractivity contribution is 5.78. The van der Waals surface area contributed by atoms with Crippen LogP contribution in [-0.2, 0) is 29.0 Å². The molecule has 0 fully saturated rings. The molecule has 1 atom stereocenters. The number of hydrogen-bond acceptors (Lipinski definition) is 5. The zero-order chi connectivity index (χ0) is 21.9. The first kappa shape index (κ1) is 21.7. The number of benzene rings is 1. The van der Waals surface area contributed by atoms with Crippen molar-refractivity contribution in [2.24, 2.45) is 0 Å². The van der Waals surface area contributed by atoms with E-state index in [1.807, 2.05) is 4.57 Å². The molecule has 0 saturated carbocycles. The molecule has 2 aromatic rings. The molecule has 0 unspecified atom stereocenters. The van der Waals surface area contributed by atoms with E-state index in [0.29, 0.717) is 31.0 Å². The lowest BCUT2D eigenvalue weighted by atomic mass is 10.0. The number of aromatic nitrogens is 3. The van der Waals surface area contributed by atoms with Gasteiger partial charge in [0.25, 0.3) is 0 Å². The Labute approximate surface area is 173 Å². The maximum absolute atomic E-state index is 13.6. The number of amides is 2. The number of ether oxygens (including phenoxy) is 1. The number of hydrogen-bond donors (Lipinski definition) is 1. The molecule has 8 nitrogen and oxygen atoms in total. The van der Waals surface area contributed by atoms with E-state index in [-0.39, 0.29) is 18.7 Å². The van der Waals surface area contributed by atoms with Crippen molar-refractivity contribution in [2.75, 3.05) is 6.54 Å². The second-order valence-electron chi connectivity index (χ2n) is 8.26. The van der Waals surface area contributed by atoms with Crippen LogP contribution in [0.1, 0.15) is 38.6 Å². The van der Waals surface area contributed by atoms with Crippen molar-refractivity contribution < 1.29 is 23.1 Å². The van der Waals surface area contributed by atoms with Crippen LogP contribution >= 0.6 is 0 Å². The molecule has 162 valence electrons. The molecule has 30 heavy (non-hydrogen) atoms. The fourth-order valence-electron chi connectivity index (χ4n) is 3.22. The van der Waals surface area contributed by atoms with Gasteiger partial charge in [-0.15, -0.1) is 10.2 Å². The van der Waals surface area contributed by atoms with Gasteiger partial charge in [0.05, 0.1) is 6.54 Å². The van der Waals surface area contributed by atoms with Crippen LogP contribution in [0, 0.1) is 11.6 Å². The summed E-state index contributed by atoms with van der Waals surface area (Å²) >= 11 is 0. The van der Waals surface area contributed by atoms with Gasteiger partial charge in [-0.25, -0.2) is 13.6 Å². The van der Waals surface area contributed by atoms with E-state index in [2.05, 4.69) is 15.5 Å². The second-order valence-corrected chi connectivity index (χ2v) is 8.26. The molecule has 1 aromatic carbocycles. The van der Waals surface area contributed by atoms with Crippen LogP contribution in [0.4, 0.5) is 13.6 Å². The molecule has 2 heterocycles. The summed E-state index contributed by atoms with van der Waals surface area (Å²) in [7, 11) is 0. The predicted molar refractivity (Wildman–Crippen MR) is 103 cm³/mol. The van der Waals surface area contributed by atoms with Gasteiger partial charge in [0.1, 0.15) is 11.9 Å². The molecule has 0 aliphatic carbocycles. The Hall–Kier alpha value is -3.04. The molecule has 1 N–H and O–H groups in total. The molecule has 0 saturated heterocycles. The maximum atomic E-state index is 13.6. The Morgan fingerprint density at radius 1 is 1.23 bits per heavy atom. The van der Waals surface area contributed by atoms with Crippen LogP contribution in [-0.4, -0.2) is 49.9 Å². The number of rotatable bonds is 5. The SMILES string of the molecule is CC(C)(C)OC(=O)N[C@@H](CC(=O)N1CCn2cnnc2C1)Cc1ccc(F)c(F)c1. The van der Waals surface area contributed by atoms with Crippen LogP contribution in [0.5, 0.6) is 0 Å². The van der Waals surface area contributed by atoms with E-state index in [1.165, 1.54) is 6.07 Å². The number of carbonyl (C=O) groups is 2. The predicted octanol–water partition coefficient (Wildman–Crippen LogP) is 2.42. The van der Waals surface area contributed by atoms with Crippen LogP contribution < -0.4 is 5.32 Å². The summed E-state index contributed by atoms with van der Waals surface area (Å²) in [5, 5.41) is 10.5. The molecule has 2 amide bonds. The number of halogens is 2. The Morgan fingerprint density at radius 2 is 2.00 bits per heavy atom. The summed E-state index contributed by atoms with van der Waals surface area (Å²) in [6, 6.07) is 2.86. The standard InChI is InChI=1S/C20H25F2N5O3/c1-20(2,3)30-19(29)24-14(8-13-4-5-15(21)16(22)9-13)10-18(28)26-6-7-27-12-23-25-17(27)11-26/h4-5,9,12,14H,6-8,10-11H2,1-3H3,(H,24,29)/t14-/m1/s1. The molecule has 10 heteroatoms. The number of alkyl carbamates (subject to hydrolysis) is 1. The smallest absolute Gasteiger partial charge is 0.407 e. The number of carbonyl (C=O) groups excluding carboxylic acids is 2. The molecule has 0 bridgehead atoms. The first-order valence-electron chi connectivity index (χ1n) is 9.68. The minimum atomic E-state index is -0.981. The van der Waals surface area contributed by atoms with Gasteiger partial charge in [0.15, 0.2) is 17.5 Å². The summed E-state index contributed by atoms with van der Waals surface area (Å²) in [6.07, 6.45) is 1.06. The fourth-order valence-corrected chi connectivity index (χ4v) is 3.22. The Balaban J connectivity index is 1.70. The lowest BCUT2D eigenvalue weighted by molar-refractivity contribution is -0.133. The van der Waals surface area contributed by atoms with E-state index in [9.17, 15) is 18.4 Å². The first-order chi connectivity index (χ1) is 14.1. The Bertz CT molecular complexity index is 925. The van der Waals surface area contributed by atoms with Crippen LogP contribution in [0.15, 0.2) is 24.5 Å². The van der Waals surface area contributed by atoms with Gasteiger partial charge in [-0.3, -0.25) is 4.79 Å². The third kappa shape index (κ3) is 5.74. The second kappa shape index (κ2) is 8.76. The van der Waals surface area contributed by atoms with Crippen molar-refractivity contribution in [2.45, 2.75) is 58.3 Å². The van der Waals surface area contributed by atoms with Gasteiger partial charge in [-0.05, 0) is 44.9 Å². The van der Waals surface area contributed by atoms with Gasteiger partial charge in [-0.1, -0.05) is 6.07 Å². The molecule has 3 rings (SSSR count). The van der Waals surface area contributed by atoms with Crippen molar-refractivity contribution in [3.05, 3.63) is 47.5 Å². The monoisotopic (exact) mass is 421 g/mol. The molecule has 1 aliphatic heterocycles. The summed E-state index contributed by atoms with van der Waals surface area (Å²) in [6.45, 7) is 6.59. The highest BCUT2D eigenvalue weighted by Gasteiger charge is 2.27. The minimum Gasteiger partial charge on any atom is -0.444 e. The van der Waals surface area contributed by atoms with Crippen LogP contribution in [0.2, 0.25) is 0 Å². The van der Waals surface area contributed by atoms with E-state index < -0.39 is 29.4 Å². The third-order valence-electron chi connectivity index (χ3n) is 4.60. The van der Waals surface area contributed by atoms with E-state index in [0.717, 1.165) is 12.1 Å². The summed E-state index contributed by atoms with van der Waals surface area (Å²) in [4.78, 5) is 26.8. The molecule has 1 aliphatic rings. The third-order valence-corrected chi connectivity index (χ3v) is 4.60. The quantitative estimate of drug-likeness (QED) is 0.801. The number of nitrogens with one attached hydrogen (secondary N) is 1. The average Bonchev–Trinajstić information content (AvgIpc) is 3.10. The highest BCUT2D eigenvalue weighted by Crippen LogP contribution is 2.16. The van der Waals surface area contributed by atoms with Crippen LogP contribution in [0.25, 0.3) is 0 Å². The average molecular weight is 421 g/mol. The lowest BCUT2D eigenvalue weighted by Crippen LogP contribution is -2.45. The number of fused-ring (bicyclic) bond motifs is 1. The van der Waals surface area contributed by atoms with Crippen molar-refractivity contribution in [3.8, 4) is 0 Å². The summed E-state index contributed by atoms with van der Waals surface area (Å²) in [5.41, 5.74) is -0.251. The van der Waals surface area contributed by atoms with Crippen molar-refractivity contribution >= 4 is 12.0 Å². The maximum Gasteiger partial charge on any atom is 0.407 e.